The third-order valence-electron chi connectivity index (χ3n) is 5.81. The van der Waals surface area contributed by atoms with Gasteiger partial charge in [-0.1, -0.05) is 48.5 Å². The molecule has 134 valence electrons. The van der Waals surface area contributed by atoms with Crippen LogP contribution in [0.25, 0.3) is 53.2 Å². The predicted octanol–water partition coefficient (Wildman–Crippen LogP) is 8.24. The van der Waals surface area contributed by atoms with Gasteiger partial charge in [0.05, 0.1) is 0 Å². The van der Waals surface area contributed by atoms with Gasteiger partial charge in [0.1, 0.15) is 11.2 Å². The van der Waals surface area contributed by atoms with E-state index < -0.39 is 0 Å². The van der Waals surface area contributed by atoms with E-state index in [1.807, 2.05) is 23.5 Å². The summed E-state index contributed by atoms with van der Waals surface area (Å²) in [4.78, 5) is 0. The minimum Gasteiger partial charge on any atom is -0.456 e. The molecule has 6 rings (SSSR count). The molecule has 1 nitrogen and oxygen atoms in total. The summed E-state index contributed by atoms with van der Waals surface area (Å²) in [5.74, 6) is 0. The van der Waals surface area contributed by atoms with Gasteiger partial charge >= 0.3 is 0 Å². The van der Waals surface area contributed by atoms with Crippen LogP contribution < -0.4 is 0 Å². The minimum absolute atomic E-state index is 0.952. The molecule has 0 bridgehead atoms. The lowest BCUT2D eigenvalue weighted by Gasteiger charge is -2.07. The second-order valence-corrected chi connectivity index (χ2v) is 8.56. The van der Waals surface area contributed by atoms with E-state index in [2.05, 4.69) is 74.5 Å². The van der Waals surface area contributed by atoms with Gasteiger partial charge in [-0.3, -0.25) is 0 Å². The van der Waals surface area contributed by atoms with E-state index in [9.17, 15) is 0 Å². The highest BCUT2D eigenvalue weighted by atomic mass is 32.1. The average molecular weight is 378 g/mol. The molecule has 0 spiro atoms. The molecule has 4 aromatic carbocycles. The molecule has 0 fully saturated rings. The minimum atomic E-state index is 0.952. The van der Waals surface area contributed by atoms with Crippen LogP contribution in [0.1, 0.15) is 11.1 Å². The number of aryl methyl sites for hydroxylation is 2. The van der Waals surface area contributed by atoms with E-state index in [-0.39, 0.29) is 0 Å². The quantitative estimate of drug-likeness (QED) is 0.281. The zero-order valence-corrected chi connectivity index (χ0v) is 16.6. The fraction of sp³-hybridized carbons (Fsp3) is 0.0769. The summed E-state index contributed by atoms with van der Waals surface area (Å²) >= 11 is 1.87. The van der Waals surface area contributed by atoms with Crippen molar-refractivity contribution in [2.24, 2.45) is 0 Å². The van der Waals surface area contributed by atoms with Crippen LogP contribution in [0.4, 0.5) is 0 Å². The lowest BCUT2D eigenvalue weighted by molar-refractivity contribution is 0.666. The van der Waals surface area contributed by atoms with Gasteiger partial charge in [-0.05, 0) is 54.8 Å². The molecule has 0 aliphatic rings. The van der Waals surface area contributed by atoms with E-state index in [0.29, 0.717) is 0 Å². The van der Waals surface area contributed by atoms with Crippen LogP contribution in [-0.4, -0.2) is 0 Å². The molecular weight excluding hydrogens is 360 g/mol. The van der Waals surface area contributed by atoms with E-state index in [0.717, 1.165) is 11.2 Å². The first-order valence-electron chi connectivity index (χ1n) is 9.54. The molecule has 0 amide bonds. The molecule has 0 aliphatic carbocycles. The lowest BCUT2D eigenvalue weighted by Crippen LogP contribution is -1.84. The van der Waals surface area contributed by atoms with E-state index in [4.69, 9.17) is 4.42 Å². The summed E-state index contributed by atoms with van der Waals surface area (Å²) in [5.41, 5.74) is 6.97. The lowest BCUT2D eigenvalue weighted by atomic mass is 9.97. The molecule has 0 aliphatic heterocycles. The Labute approximate surface area is 166 Å². The normalized spacial score (nSPS) is 11.9. The third kappa shape index (κ3) is 2.12. The topological polar surface area (TPSA) is 13.1 Å². The molecule has 0 radical (unpaired) electrons. The summed E-state index contributed by atoms with van der Waals surface area (Å²) in [5, 5.41) is 5.11. The largest absolute Gasteiger partial charge is 0.456 e. The van der Waals surface area contributed by atoms with Crippen LogP contribution in [-0.2, 0) is 0 Å². The maximum atomic E-state index is 6.20. The summed E-state index contributed by atoms with van der Waals surface area (Å²) in [6.07, 6.45) is 0. The Hall–Kier alpha value is -3.10. The van der Waals surface area contributed by atoms with E-state index in [1.54, 1.807) is 0 Å². The maximum absolute atomic E-state index is 6.20. The Bertz CT molecular complexity index is 1530. The number of fused-ring (bicyclic) bond motifs is 6. The molecule has 6 aromatic rings. The maximum Gasteiger partial charge on any atom is 0.138 e. The smallest absolute Gasteiger partial charge is 0.138 e. The second kappa shape index (κ2) is 5.70. The molecule has 0 unspecified atom stereocenters. The Morgan fingerprint density at radius 3 is 2.50 bits per heavy atom. The molecule has 2 aromatic heterocycles. The van der Waals surface area contributed by atoms with Crippen molar-refractivity contribution >= 4 is 53.4 Å². The number of benzene rings is 4. The number of thiophene rings is 1. The summed E-state index contributed by atoms with van der Waals surface area (Å²) in [6, 6.07) is 26.1. The molecule has 0 atom stereocenters. The number of para-hydroxylation sites is 1. The van der Waals surface area contributed by atoms with Gasteiger partial charge in [-0.25, -0.2) is 0 Å². The van der Waals surface area contributed by atoms with Crippen molar-refractivity contribution in [2.45, 2.75) is 13.8 Å². The summed E-state index contributed by atoms with van der Waals surface area (Å²) in [7, 11) is 0. The number of furan rings is 1. The van der Waals surface area contributed by atoms with Gasteiger partial charge in [-0.2, -0.15) is 0 Å². The van der Waals surface area contributed by atoms with Crippen LogP contribution >= 0.6 is 11.3 Å². The highest BCUT2D eigenvalue weighted by Crippen LogP contribution is 2.40. The van der Waals surface area contributed by atoms with Gasteiger partial charge in [0.15, 0.2) is 0 Å². The molecule has 0 N–H and O–H groups in total. The third-order valence-corrected chi connectivity index (χ3v) is 6.93. The van der Waals surface area contributed by atoms with Crippen LogP contribution in [0.15, 0.2) is 77.2 Å². The Kier molecular flexibility index (Phi) is 3.24. The first-order chi connectivity index (χ1) is 13.7. The SMILES string of the molecule is Cc1c(-c2ccc3c(c2)sc2cccc(C)c23)ccc2c1oc1ccccc12. The van der Waals surface area contributed by atoms with Gasteiger partial charge in [0.25, 0.3) is 0 Å². The summed E-state index contributed by atoms with van der Waals surface area (Å²) in [6.45, 7) is 4.36. The Balaban J connectivity index is 1.61. The second-order valence-electron chi connectivity index (χ2n) is 7.47. The van der Waals surface area contributed by atoms with Crippen molar-refractivity contribution in [3.8, 4) is 11.1 Å². The number of hydrogen-bond donors (Lipinski definition) is 0. The van der Waals surface area contributed by atoms with Crippen LogP contribution in [0.5, 0.6) is 0 Å². The predicted molar refractivity (Wildman–Crippen MR) is 122 cm³/mol. The Morgan fingerprint density at radius 2 is 1.57 bits per heavy atom. The van der Waals surface area contributed by atoms with Gasteiger partial charge in [-0.15, -0.1) is 11.3 Å². The van der Waals surface area contributed by atoms with Gasteiger partial charge in [0, 0.05) is 36.5 Å². The van der Waals surface area contributed by atoms with Crippen molar-refractivity contribution in [3.63, 3.8) is 0 Å². The number of hydrogen-bond acceptors (Lipinski definition) is 2. The van der Waals surface area contributed by atoms with Crippen molar-refractivity contribution in [1.29, 1.82) is 0 Å². The fourth-order valence-corrected chi connectivity index (χ4v) is 5.63. The first-order valence-corrected chi connectivity index (χ1v) is 10.4. The van der Waals surface area contributed by atoms with Crippen LogP contribution in [0, 0.1) is 13.8 Å². The molecule has 0 saturated heterocycles. The fourth-order valence-electron chi connectivity index (χ4n) is 4.41. The molecule has 2 heteroatoms. The van der Waals surface area contributed by atoms with Gasteiger partial charge < -0.3 is 4.42 Å². The molecular formula is C26H18OS. The van der Waals surface area contributed by atoms with Crippen molar-refractivity contribution < 1.29 is 4.42 Å². The van der Waals surface area contributed by atoms with Crippen molar-refractivity contribution in [1.82, 2.24) is 0 Å². The highest BCUT2D eigenvalue weighted by Gasteiger charge is 2.14. The monoisotopic (exact) mass is 378 g/mol. The first kappa shape index (κ1) is 15.9. The Morgan fingerprint density at radius 1 is 0.714 bits per heavy atom. The standard InChI is InChI=1S/C26H18OS/c1-15-6-5-9-23-25(15)21-11-10-17(14-24(21)28-23)18-12-13-20-19-7-3-4-8-22(19)27-26(20)16(18)2/h3-14H,1-2H3. The zero-order chi connectivity index (χ0) is 18.8. The zero-order valence-electron chi connectivity index (χ0n) is 15.7. The van der Waals surface area contributed by atoms with Crippen molar-refractivity contribution in [2.75, 3.05) is 0 Å². The molecule has 2 heterocycles. The molecule has 0 saturated carbocycles. The van der Waals surface area contributed by atoms with Crippen LogP contribution in [0.2, 0.25) is 0 Å². The van der Waals surface area contributed by atoms with E-state index >= 15 is 0 Å². The average Bonchev–Trinajstić information content (AvgIpc) is 3.27. The van der Waals surface area contributed by atoms with Gasteiger partial charge in [0.2, 0.25) is 0 Å². The molecule has 28 heavy (non-hydrogen) atoms. The van der Waals surface area contributed by atoms with Crippen molar-refractivity contribution in [3.05, 3.63) is 83.9 Å². The highest BCUT2D eigenvalue weighted by molar-refractivity contribution is 7.25. The summed E-state index contributed by atoms with van der Waals surface area (Å²) < 4.78 is 8.90. The number of rotatable bonds is 1. The van der Waals surface area contributed by atoms with Crippen LogP contribution in [0.3, 0.4) is 0 Å². The van der Waals surface area contributed by atoms with E-state index in [1.165, 1.54) is 53.2 Å².